The number of nitrogens with one attached hydrogen (secondary N) is 1. The number of nitrogens with zero attached hydrogens (tertiary/aromatic N) is 2. The van der Waals surface area contributed by atoms with E-state index in [4.69, 9.17) is 17.3 Å². The van der Waals surface area contributed by atoms with Gasteiger partial charge in [-0.25, -0.2) is 9.97 Å². The molecule has 17 heavy (non-hydrogen) atoms. The summed E-state index contributed by atoms with van der Waals surface area (Å²) in [4.78, 5) is 8.44. The van der Waals surface area contributed by atoms with Crippen molar-refractivity contribution in [2.24, 2.45) is 0 Å². The lowest BCUT2D eigenvalue weighted by atomic mass is 10.3. The van der Waals surface area contributed by atoms with Crippen LogP contribution < -0.4 is 11.1 Å². The maximum atomic E-state index is 5.90. The van der Waals surface area contributed by atoms with Gasteiger partial charge in [-0.3, -0.25) is 0 Å². The fraction of sp³-hybridized carbons (Fsp3) is 0.167. The van der Waals surface area contributed by atoms with Crippen molar-refractivity contribution in [2.75, 3.05) is 11.1 Å². The Morgan fingerprint density at radius 3 is 2.82 bits per heavy atom. The minimum Gasteiger partial charge on any atom is -0.384 e. The molecule has 1 aromatic carbocycles. The van der Waals surface area contributed by atoms with Crippen molar-refractivity contribution in [2.45, 2.75) is 13.3 Å². The van der Waals surface area contributed by atoms with Crippen LogP contribution in [0, 0.1) is 0 Å². The van der Waals surface area contributed by atoms with Crippen LogP contribution in [0.2, 0.25) is 5.02 Å². The van der Waals surface area contributed by atoms with Crippen molar-refractivity contribution in [1.82, 2.24) is 9.97 Å². The predicted octanol–water partition coefficient (Wildman–Crippen LogP) is 3.02. The molecule has 2 aromatic rings. The van der Waals surface area contributed by atoms with Gasteiger partial charge in [0.05, 0.1) is 0 Å². The summed E-state index contributed by atoms with van der Waals surface area (Å²) in [6.07, 6.45) is 0.745. The second-order valence-corrected chi connectivity index (χ2v) is 4.02. The highest BCUT2D eigenvalue weighted by atomic mass is 35.5. The minimum atomic E-state index is 0.460. The van der Waals surface area contributed by atoms with Crippen LogP contribution in [0.15, 0.2) is 30.3 Å². The predicted molar refractivity (Wildman–Crippen MR) is 70.6 cm³/mol. The van der Waals surface area contributed by atoms with Crippen molar-refractivity contribution in [3.8, 4) is 0 Å². The first kappa shape index (κ1) is 11.7. The van der Waals surface area contributed by atoms with E-state index >= 15 is 0 Å². The van der Waals surface area contributed by atoms with Gasteiger partial charge in [-0.15, -0.1) is 0 Å². The Balaban J connectivity index is 2.26. The van der Waals surface area contributed by atoms with Crippen LogP contribution in [0.3, 0.4) is 0 Å². The molecule has 0 spiro atoms. The molecule has 0 amide bonds. The standard InChI is InChI=1S/C12H13ClN4/c1-2-11-16-10(14)7-12(17-11)15-9-5-3-4-8(13)6-9/h3-7H,2H2,1H3,(H3,14,15,16,17). The van der Waals surface area contributed by atoms with Gasteiger partial charge >= 0.3 is 0 Å². The normalized spacial score (nSPS) is 10.2. The van der Waals surface area contributed by atoms with Gasteiger partial charge in [0.1, 0.15) is 17.5 Å². The lowest BCUT2D eigenvalue weighted by Crippen LogP contribution is -2.02. The van der Waals surface area contributed by atoms with Crippen molar-refractivity contribution in [3.05, 3.63) is 41.2 Å². The Labute approximate surface area is 105 Å². The van der Waals surface area contributed by atoms with Crippen LogP contribution in [0.1, 0.15) is 12.7 Å². The van der Waals surface area contributed by atoms with Gasteiger partial charge in [-0.2, -0.15) is 0 Å². The topological polar surface area (TPSA) is 63.8 Å². The van der Waals surface area contributed by atoms with Gasteiger partial charge < -0.3 is 11.1 Å². The van der Waals surface area contributed by atoms with Crippen molar-refractivity contribution >= 4 is 28.9 Å². The van der Waals surface area contributed by atoms with Gasteiger partial charge in [0.15, 0.2) is 0 Å². The average Bonchev–Trinajstić information content (AvgIpc) is 2.28. The Bertz CT molecular complexity index is 528. The minimum absolute atomic E-state index is 0.460. The zero-order chi connectivity index (χ0) is 12.3. The summed E-state index contributed by atoms with van der Waals surface area (Å²) in [5.41, 5.74) is 6.57. The molecule has 1 aromatic heterocycles. The molecule has 88 valence electrons. The van der Waals surface area contributed by atoms with Crippen LogP contribution >= 0.6 is 11.6 Å². The molecular formula is C12H13ClN4. The summed E-state index contributed by atoms with van der Waals surface area (Å²) in [5, 5.41) is 3.82. The summed E-state index contributed by atoms with van der Waals surface area (Å²) in [6.45, 7) is 1.98. The number of halogens is 1. The zero-order valence-electron chi connectivity index (χ0n) is 9.44. The third-order valence-corrected chi connectivity index (χ3v) is 2.44. The monoisotopic (exact) mass is 248 g/mol. The SMILES string of the molecule is CCc1nc(N)cc(Nc2cccc(Cl)c2)n1. The molecule has 4 nitrogen and oxygen atoms in total. The highest BCUT2D eigenvalue weighted by Crippen LogP contribution is 2.19. The Kier molecular flexibility index (Phi) is 3.44. The van der Waals surface area contributed by atoms with E-state index in [0.29, 0.717) is 16.7 Å². The number of nitrogens with two attached hydrogens (primary N) is 1. The molecule has 0 unspecified atom stereocenters. The molecule has 0 bridgehead atoms. The third-order valence-electron chi connectivity index (χ3n) is 2.21. The quantitative estimate of drug-likeness (QED) is 0.876. The number of hydrogen-bond donors (Lipinski definition) is 2. The van der Waals surface area contributed by atoms with Gasteiger partial charge in [0.2, 0.25) is 0 Å². The zero-order valence-corrected chi connectivity index (χ0v) is 10.2. The first-order chi connectivity index (χ1) is 8.17. The molecule has 0 saturated carbocycles. The highest BCUT2D eigenvalue weighted by molar-refractivity contribution is 6.30. The Hall–Kier alpha value is -1.81. The average molecular weight is 249 g/mol. The number of nitrogen functional groups attached to an aromatic ring is 1. The van der Waals surface area contributed by atoms with Crippen molar-refractivity contribution in [3.63, 3.8) is 0 Å². The van der Waals surface area contributed by atoms with Crippen LogP contribution in [-0.2, 0) is 6.42 Å². The van der Waals surface area contributed by atoms with E-state index in [1.54, 1.807) is 6.07 Å². The van der Waals surface area contributed by atoms with E-state index < -0.39 is 0 Å². The summed E-state index contributed by atoms with van der Waals surface area (Å²) in [7, 11) is 0. The van der Waals surface area contributed by atoms with Crippen molar-refractivity contribution in [1.29, 1.82) is 0 Å². The number of aryl methyl sites for hydroxylation is 1. The lowest BCUT2D eigenvalue weighted by molar-refractivity contribution is 0.948. The number of rotatable bonds is 3. The number of hydrogen-bond acceptors (Lipinski definition) is 4. The van der Waals surface area contributed by atoms with E-state index in [-0.39, 0.29) is 0 Å². The summed E-state index contributed by atoms with van der Waals surface area (Å²) < 4.78 is 0. The van der Waals surface area contributed by atoms with Crippen LogP contribution in [-0.4, -0.2) is 9.97 Å². The fourth-order valence-electron chi connectivity index (χ4n) is 1.45. The fourth-order valence-corrected chi connectivity index (χ4v) is 1.64. The number of benzene rings is 1. The third kappa shape index (κ3) is 3.07. The van der Waals surface area contributed by atoms with E-state index in [0.717, 1.165) is 17.9 Å². The number of aromatic nitrogens is 2. The maximum absolute atomic E-state index is 5.90. The molecule has 0 fully saturated rings. The second-order valence-electron chi connectivity index (χ2n) is 3.58. The van der Waals surface area contributed by atoms with Crippen molar-refractivity contribution < 1.29 is 0 Å². The molecule has 0 radical (unpaired) electrons. The molecule has 5 heteroatoms. The van der Waals surface area contributed by atoms with E-state index in [1.807, 2.05) is 31.2 Å². The molecule has 3 N–H and O–H groups in total. The first-order valence-corrected chi connectivity index (χ1v) is 5.71. The molecule has 0 aliphatic heterocycles. The molecule has 0 saturated heterocycles. The van der Waals surface area contributed by atoms with Crippen LogP contribution in [0.5, 0.6) is 0 Å². The maximum Gasteiger partial charge on any atom is 0.136 e. The molecule has 1 heterocycles. The lowest BCUT2D eigenvalue weighted by Gasteiger charge is -2.07. The largest absolute Gasteiger partial charge is 0.384 e. The van der Waals surface area contributed by atoms with Gasteiger partial charge in [-0.1, -0.05) is 24.6 Å². The molecule has 0 aliphatic carbocycles. The molecule has 0 aliphatic rings. The highest BCUT2D eigenvalue weighted by Gasteiger charge is 2.02. The van der Waals surface area contributed by atoms with Crippen LogP contribution in [0.25, 0.3) is 0 Å². The van der Waals surface area contributed by atoms with Gasteiger partial charge in [0.25, 0.3) is 0 Å². The van der Waals surface area contributed by atoms with Crippen LogP contribution in [0.4, 0.5) is 17.3 Å². The molecular weight excluding hydrogens is 236 g/mol. The van der Waals surface area contributed by atoms with E-state index in [2.05, 4.69) is 15.3 Å². The Morgan fingerprint density at radius 2 is 2.12 bits per heavy atom. The summed E-state index contributed by atoms with van der Waals surface area (Å²) >= 11 is 5.90. The van der Waals surface area contributed by atoms with E-state index in [1.165, 1.54) is 0 Å². The molecule has 0 atom stereocenters. The second kappa shape index (κ2) is 5.01. The Morgan fingerprint density at radius 1 is 1.29 bits per heavy atom. The van der Waals surface area contributed by atoms with Gasteiger partial charge in [-0.05, 0) is 18.2 Å². The van der Waals surface area contributed by atoms with Gasteiger partial charge in [0, 0.05) is 23.2 Å². The summed E-state index contributed by atoms with van der Waals surface area (Å²) in [5.74, 6) is 1.85. The number of anilines is 3. The first-order valence-electron chi connectivity index (χ1n) is 5.33. The molecule has 2 rings (SSSR count). The van der Waals surface area contributed by atoms with E-state index in [9.17, 15) is 0 Å². The smallest absolute Gasteiger partial charge is 0.136 e. The summed E-state index contributed by atoms with van der Waals surface area (Å²) in [6, 6.07) is 9.12.